The van der Waals surface area contributed by atoms with E-state index in [1.165, 1.54) is 31.5 Å². The second-order valence-electron chi connectivity index (χ2n) is 9.21. The van der Waals surface area contributed by atoms with Crippen LogP contribution in [0.15, 0.2) is 24.3 Å². The third-order valence-electron chi connectivity index (χ3n) is 7.08. The maximum atomic E-state index is 12.1. The fourth-order valence-corrected chi connectivity index (χ4v) is 5.14. The molecule has 3 N–H and O–H groups in total. The van der Waals surface area contributed by atoms with Crippen LogP contribution in [0.5, 0.6) is 0 Å². The van der Waals surface area contributed by atoms with E-state index in [0.717, 1.165) is 44.2 Å². The molecule has 7 nitrogen and oxygen atoms in total. The first-order valence-electron chi connectivity index (χ1n) is 11.4. The summed E-state index contributed by atoms with van der Waals surface area (Å²) in [5, 5.41) is 4.40. The highest BCUT2D eigenvalue weighted by Crippen LogP contribution is 2.28. The topological polar surface area (TPSA) is 81.9 Å². The summed E-state index contributed by atoms with van der Waals surface area (Å²) in [5.74, 6) is 6.15. The molecule has 0 aromatic heterocycles. The Balaban J connectivity index is 1.28. The van der Waals surface area contributed by atoms with Crippen LogP contribution in [0.1, 0.15) is 50.5 Å². The monoisotopic (exact) mass is 413 g/mol. The van der Waals surface area contributed by atoms with Gasteiger partial charge < -0.3 is 4.90 Å². The molecular weight excluding hydrogens is 378 g/mol. The standard InChI is InChI=1S/C23H35N5O2/c1-17-16-26(11-8-18-9-12-27(24)13-10-18)14-15-28(17)20-4-2-19(3-5-20)21-6-7-22(29)25-23(21)30/h2-5,17-18,21H,6-16,24H2,1H3,(H,25,29,30)/t17-,21?/m1/s1. The summed E-state index contributed by atoms with van der Waals surface area (Å²) in [4.78, 5) is 28.6. The van der Waals surface area contributed by atoms with E-state index in [4.69, 9.17) is 5.84 Å². The van der Waals surface area contributed by atoms with Gasteiger partial charge in [0.1, 0.15) is 0 Å². The van der Waals surface area contributed by atoms with Gasteiger partial charge >= 0.3 is 0 Å². The molecule has 3 aliphatic rings. The van der Waals surface area contributed by atoms with Crippen LogP contribution in [0.2, 0.25) is 0 Å². The Kier molecular flexibility index (Phi) is 6.71. The number of hydrogen-bond donors (Lipinski definition) is 2. The zero-order valence-electron chi connectivity index (χ0n) is 18.1. The summed E-state index contributed by atoms with van der Waals surface area (Å²) in [6.45, 7) is 8.75. The third-order valence-corrected chi connectivity index (χ3v) is 7.08. The normalized spacial score (nSPS) is 27.3. The lowest BCUT2D eigenvalue weighted by molar-refractivity contribution is -0.134. The van der Waals surface area contributed by atoms with Crippen molar-refractivity contribution in [2.24, 2.45) is 11.8 Å². The van der Waals surface area contributed by atoms with Gasteiger partial charge in [-0.05, 0) is 62.8 Å². The molecule has 1 aromatic carbocycles. The Hall–Kier alpha value is -1.96. The van der Waals surface area contributed by atoms with Crippen molar-refractivity contribution < 1.29 is 9.59 Å². The lowest BCUT2D eigenvalue weighted by Crippen LogP contribution is -2.52. The van der Waals surface area contributed by atoms with E-state index in [1.54, 1.807) is 0 Å². The average Bonchev–Trinajstić information content (AvgIpc) is 2.74. The van der Waals surface area contributed by atoms with Crippen molar-refractivity contribution in [3.63, 3.8) is 0 Å². The Labute approximate surface area is 179 Å². The number of amides is 2. The number of nitrogens with two attached hydrogens (primary N) is 1. The summed E-state index contributed by atoms with van der Waals surface area (Å²) in [6.07, 6.45) is 4.75. The first-order valence-corrected chi connectivity index (χ1v) is 11.4. The molecule has 2 atom stereocenters. The maximum absolute atomic E-state index is 12.1. The van der Waals surface area contributed by atoms with E-state index in [2.05, 4.69) is 46.3 Å². The van der Waals surface area contributed by atoms with E-state index >= 15 is 0 Å². The summed E-state index contributed by atoms with van der Waals surface area (Å²) in [6, 6.07) is 8.83. The van der Waals surface area contributed by atoms with E-state index < -0.39 is 0 Å². The number of hydrogen-bond acceptors (Lipinski definition) is 6. The highest BCUT2D eigenvalue weighted by molar-refractivity contribution is 6.00. The number of benzene rings is 1. The minimum atomic E-state index is -0.211. The molecule has 30 heavy (non-hydrogen) atoms. The molecule has 0 spiro atoms. The zero-order chi connectivity index (χ0) is 21.1. The number of piperazine rings is 1. The number of imide groups is 1. The van der Waals surface area contributed by atoms with Crippen LogP contribution in [0.25, 0.3) is 0 Å². The van der Waals surface area contributed by atoms with E-state index in [9.17, 15) is 9.59 Å². The molecule has 0 aliphatic carbocycles. The number of rotatable bonds is 5. The Bertz CT molecular complexity index is 744. The van der Waals surface area contributed by atoms with Gasteiger partial charge in [0, 0.05) is 50.9 Å². The lowest BCUT2D eigenvalue weighted by Gasteiger charge is -2.42. The number of carbonyl (C=O) groups is 2. The highest BCUT2D eigenvalue weighted by Gasteiger charge is 2.29. The van der Waals surface area contributed by atoms with Gasteiger partial charge in [-0.25, -0.2) is 5.01 Å². The van der Waals surface area contributed by atoms with E-state index in [-0.39, 0.29) is 17.7 Å². The third kappa shape index (κ3) is 5.02. The molecule has 1 unspecified atom stereocenters. The summed E-state index contributed by atoms with van der Waals surface area (Å²) in [5.41, 5.74) is 2.21. The van der Waals surface area contributed by atoms with Crippen LogP contribution >= 0.6 is 0 Å². The molecule has 3 heterocycles. The minimum Gasteiger partial charge on any atom is -0.366 e. The molecule has 0 saturated carbocycles. The molecular formula is C23H35N5O2. The van der Waals surface area contributed by atoms with Crippen LogP contribution in [0, 0.1) is 5.92 Å². The van der Waals surface area contributed by atoms with Gasteiger partial charge in [0.2, 0.25) is 11.8 Å². The van der Waals surface area contributed by atoms with Gasteiger partial charge in [0.15, 0.2) is 0 Å². The van der Waals surface area contributed by atoms with Crippen LogP contribution in [0.4, 0.5) is 5.69 Å². The summed E-state index contributed by atoms with van der Waals surface area (Å²) in [7, 11) is 0. The summed E-state index contributed by atoms with van der Waals surface area (Å²) >= 11 is 0. The summed E-state index contributed by atoms with van der Waals surface area (Å²) < 4.78 is 0. The number of piperidine rings is 2. The quantitative estimate of drug-likeness (QED) is 0.565. The van der Waals surface area contributed by atoms with E-state index in [1.807, 2.05) is 5.01 Å². The van der Waals surface area contributed by atoms with Crippen molar-refractivity contribution in [3.8, 4) is 0 Å². The smallest absolute Gasteiger partial charge is 0.234 e. The van der Waals surface area contributed by atoms with Gasteiger partial charge in [-0.3, -0.25) is 25.6 Å². The molecule has 0 radical (unpaired) electrons. The molecule has 0 bridgehead atoms. The van der Waals surface area contributed by atoms with Gasteiger partial charge in [0.25, 0.3) is 0 Å². The number of nitrogens with zero attached hydrogens (tertiary/aromatic N) is 3. The van der Waals surface area contributed by atoms with E-state index in [0.29, 0.717) is 18.9 Å². The second kappa shape index (κ2) is 9.45. The predicted molar refractivity (Wildman–Crippen MR) is 118 cm³/mol. The molecule has 3 aliphatic heterocycles. The first kappa shape index (κ1) is 21.3. The first-order chi connectivity index (χ1) is 14.5. The largest absolute Gasteiger partial charge is 0.366 e. The van der Waals surface area contributed by atoms with Crippen LogP contribution in [0.3, 0.4) is 0 Å². The van der Waals surface area contributed by atoms with Crippen molar-refractivity contribution in [3.05, 3.63) is 29.8 Å². The van der Waals surface area contributed by atoms with Crippen LogP contribution in [-0.2, 0) is 9.59 Å². The molecule has 3 saturated heterocycles. The van der Waals surface area contributed by atoms with Gasteiger partial charge in [-0.15, -0.1) is 0 Å². The number of hydrazine groups is 1. The minimum absolute atomic E-state index is 0.163. The number of carbonyl (C=O) groups excluding carboxylic acids is 2. The zero-order valence-corrected chi connectivity index (χ0v) is 18.1. The van der Waals surface area contributed by atoms with Crippen LogP contribution < -0.4 is 16.1 Å². The Morgan fingerprint density at radius 1 is 1.03 bits per heavy atom. The number of anilines is 1. The van der Waals surface area contributed by atoms with Crippen molar-refractivity contribution >= 4 is 17.5 Å². The predicted octanol–water partition coefficient (Wildman–Crippen LogP) is 1.69. The van der Waals surface area contributed by atoms with Gasteiger partial charge in [0.05, 0.1) is 5.92 Å². The van der Waals surface area contributed by atoms with Crippen LogP contribution in [-0.4, -0.2) is 67.0 Å². The molecule has 7 heteroatoms. The fraction of sp³-hybridized carbons (Fsp3) is 0.652. The molecule has 164 valence electrons. The second-order valence-corrected chi connectivity index (χ2v) is 9.21. The SMILES string of the molecule is C[C@@H]1CN(CCC2CCN(N)CC2)CCN1c1ccc(C2CCC(=O)NC2=O)cc1. The molecule has 1 aromatic rings. The Morgan fingerprint density at radius 3 is 2.43 bits per heavy atom. The van der Waals surface area contributed by atoms with Crippen molar-refractivity contribution in [1.82, 2.24) is 15.2 Å². The van der Waals surface area contributed by atoms with Crippen molar-refractivity contribution in [2.45, 2.75) is 51.0 Å². The molecule has 3 fully saturated rings. The Morgan fingerprint density at radius 2 is 1.77 bits per heavy atom. The highest BCUT2D eigenvalue weighted by atomic mass is 16.2. The average molecular weight is 414 g/mol. The fourth-order valence-electron chi connectivity index (χ4n) is 5.14. The van der Waals surface area contributed by atoms with Gasteiger partial charge in [-0.1, -0.05) is 12.1 Å². The lowest BCUT2D eigenvalue weighted by atomic mass is 9.90. The number of nitrogens with one attached hydrogen (secondary N) is 1. The van der Waals surface area contributed by atoms with Crippen molar-refractivity contribution in [1.29, 1.82) is 0 Å². The molecule has 4 rings (SSSR count). The van der Waals surface area contributed by atoms with Gasteiger partial charge in [-0.2, -0.15) is 0 Å². The van der Waals surface area contributed by atoms with Crippen molar-refractivity contribution in [2.75, 3.05) is 44.2 Å². The maximum Gasteiger partial charge on any atom is 0.234 e. The molecule has 2 amide bonds.